The fourth-order valence-corrected chi connectivity index (χ4v) is 3.35. The maximum atomic E-state index is 13.3. The van der Waals surface area contributed by atoms with Crippen LogP contribution in [0.5, 0.6) is 0 Å². The van der Waals surface area contributed by atoms with Crippen LogP contribution in [0.25, 0.3) is 0 Å². The molecule has 0 aliphatic heterocycles. The highest BCUT2D eigenvalue weighted by Gasteiger charge is 2.34. The number of hydrogen-bond donors (Lipinski definition) is 1. The highest BCUT2D eigenvalue weighted by atomic mass is 32.1. The molecule has 0 bridgehead atoms. The molecule has 2 aromatic heterocycles. The summed E-state index contributed by atoms with van der Waals surface area (Å²) in [5.41, 5.74) is 1.29. The summed E-state index contributed by atoms with van der Waals surface area (Å²) in [6.07, 6.45) is 3.35. The number of hydrogen-bond acceptors (Lipinski definition) is 6. The van der Waals surface area contributed by atoms with Crippen LogP contribution in [0.4, 0.5) is 0 Å². The van der Waals surface area contributed by atoms with E-state index in [2.05, 4.69) is 19.9 Å². The predicted octanol–water partition coefficient (Wildman–Crippen LogP) is 3.23. The van der Waals surface area contributed by atoms with Crippen molar-refractivity contribution in [3.05, 3.63) is 77.1 Å². The molecule has 150 valence electrons. The molecule has 2 heterocycles. The first-order chi connectivity index (χ1) is 13.8. The van der Waals surface area contributed by atoms with Crippen molar-refractivity contribution in [2.24, 2.45) is 0 Å². The number of benzene rings is 1. The van der Waals surface area contributed by atoms with Crippen LogP contribution in [0.2, 0.25) is 0 Å². The molecule has 0 fully saturated rings. The Hall–Kier alpha value is -3.13. The molecule has 0 aliphatic carbocycles. The van der Waals surface area contributed by atoms with Gasteiger partial charge in [-0.2, -0.15) is 0 Å². The summed E-state index contributed by atoms with van der Waals surface area (Å²) in [4.78, 5) is 32.3. The molecular weight excluding hydrogens is 386 g/mol. The van der Waals surface area contributed by atoms with Crippen molar-refractivity contribution in [3.8, 4) is 0 Å². The van der Waals surface area contributed by atoms with Crippen LogP contribution in [0.1, 0.15) is 48.4 Å². The zero-order valence-corrected chi connectivity index (χ0v) is 17.4. The number of amides is 2. The van der Waals surface area contributed by atoms with Gasteiger partial charge < -0.3 is 10.2 Å². The van der Waals surface area contributed by atoms with Crippen molar-refractivity contribution in [2.75, 3.05) is 0 Å². The van der Waals surface area contributed by atoms with Gasteiger partial charge in [0, 0.05) is 29.9 Å². The van der Waals surface area contributed by atoms with Crippen LogP contribution >= 0.6 is 11.5 Å². The quantitative estimate of drug-likeness (QED) is 0.675. The SMILES string of the molecule is CC(C)(C)NC(=O)C(c1ccccc1)N(Cc1cccnc1)C(=O)c1csnn1. The minimum Gasteiger partial charge on any atom is -0.349 e. The van der Waals surface area contributed by atoms with E-state index in [1.54, 1.807) is 23.8 Å². The van der Waals surface area contributed by atoms with E-state index in [-0.39, 0.29) is 24.1 Å². The number of carbonyl (C=O) groups excluding carboxylic acids is 2. The van der Waals surface area contributed by atoms with Crippen molar-refractivity contribution >= 4 is 23.3 Å². The molecule has 0 saturated heterocycles. The van der Waals surface area contributed by atoms with Gasteiger partial charge in [0.1, 0.15) is 6.04 Å². The van der Waals surface area contributed by atoms with Gasteiger partial charge >= 0.3 is 0 Å². The second-order valence-corrected chi connectivity index (χ2v) is 8.25. The van der Waals surface area contributed by atoms with Gasteiger partial charge in [-0.25, -0.2) is 0 Å². The third-order valence-electron chi connectivity index (χ3n) is 4.09. The lowest BCUT2D eigenvalue weighted by Gasteiger charge is -2.33. The Balaban J connectivity index is 2.05. The second kappa shape index (κ2) is 8.91. The molecule has 8 heteroatoms. The number of nitrogens with one attached hydrogen (secondary N) is 1. The number of carbonyl (C=O) groups is 2. The molecule has 29 heavy (non-hydrogen) atoms. The monoisotopic (exact) mass is 409 g/mol. The summed E-state index contributed by atoms with van der Waals surface area (Å²) in [5, 5.41) is 8.51. The van der Waals surface area contributed by atoms with Crippen LogP contribution in [0.15, 0.2) is 60.2 Å². The molecule has 0 saturated carbocycles. The molecule has 0 radical (unpaired) electrons. The molecule has 1 atom stereocenters. The van der Waals surface area contributed by atoms with Crippen molar-refractivity contribution < 1.29 is 9.59 Å². The molecule has 0 spiro atoms. The largest absolute Gasteiger partial charge is 0.349 e. The Kier molecular flexibility index (Phi) is 6.33. The number of pyridine rings is 1. The number of rotatable bonds is 6. The predicted molar refractivity (Wildman–Crippen MR) is 111 cm³/mol. The Labute approximate surface area is 174 Å². The molecule has 3 aromatic rings. The zero-order valence-electron chi connectivity index (χ0n) is 16.6. The Morgan fingerprint density at radius 1 is 1.14 bits per heavy atom. The first-order valence-electron chi connectivity index (χ1n) is 9.19. The number of aromatic nitrogens is 3. The van der Waals surface area contributed by atoms with Crippen LogP contribution in [0.3, 0.4) is 0 Å². The lowest BCUT2D eigenvalue weighted by molar-refractivity contribution is -0.127. The molecule has 3 rings (SSSR count). The smallest absolute Gasteiger partial charge is 0.276 e. The van der Waals surface area contributed by atoms with E-state index in [0.717, 1.165) is 22.7 Å². The normalized spacial score (nSPS) is 12.2. The first kappa shape index (κ1) is 20.6. The van der Waals surface area contributed by atoms with Gasteiger partial charge in [0.2, 0.25) is 5.91 Å². The van der Waals surface area contributed by atoms with Crippen LogP contribution < -0.4 is 5.32 Å². The summed E-state index contributed by atoms with van der Waals surface area (Å²) < 4.78 is 3.80. The molecule has 1 N–H and O–H groups in total. The highest BCUT2D eigenvalue weighted by Crippen LogP contribution is 2.26. The van der Waals surface area contributed by atoms with Gasteiger partial charge in [-0.15, -0.1) is 5.10 Å². The maximum absolute atomic E-state index is 13.3. The molecule has 1 unspecified atom stereocenters. The van der Waals surface area contributed by atoms with Gasteiger partial charge in [-0.3, -0.25) is 14.6 Å². The summed E-state index contributed by atoms with van der Waals surface area (Å²) in [6.45, 7) is 5.93. The lowest BCUT2D eigenvalue weighted by Crippen LogP contribution is -2.49. The standard InChI is InChI=1S/C21H23N5O2S/c1-21(2,3)23-19(27)18(16-9-5-4-6-10-16)26(13-15-8-7-11-22-12-15)20(28)17-14-29-25-24-17/h4-12,14,18H,13H2,1-3H3,(H,23,27). The van der Waals surface area contributed by atoms with Crippen molar-refractivity contribution in [1.82, 2.24) is 24.8 Å². The van der Waals surface area contributed by atoms with E-state index >= 15 is 0 Å². The summed E-state index contributed by atoms with van der Waals surface area (Å²) in [5.74, 6) is -0.621. The topological polar surface area (TPSA) is 88.1 Å². The summed E-state index contributed by atoms with van der Waals surface area (Å²) >= 11 is 1.10. The van der Waals surface area contributed by atoms with E-state index in [9.17, 15) is 9.59 Å². The molecule has 0 aliphatic rings. The third kappa shape index (κ3) is 5.45. The van der Waals surface area contributed by atoms with E-state index in [1.165, 1.54) is 4.90 Å². The molecular formula is C21H23N5O2S. The zero-order chi connectivity index (χ0) is 20.9. The molecule has 1 aromatic carbocycles. The van der Waals surface area contributed by atoms with Crippen LogP contribution in [-0.2, 0) is 11.3 Å². The molecule has 7 nitrogen and oxygen atoms in total. The third-order valence-corrected chi connectivity index (χ3v) is 4.59. The Morgan fingerprint density at radius 3 is 2.48 bits per heavy atom. The maximum Gasteiger partial charge on any atom is 0.276 e. The van der Waals surface area contributed by atoms with Crippen molar-refractivity contribution in [2.45, 2.75) is 38.9 Å². The van der Waals surface area contributed by atoms with Crippen molar-refractivity contribution in [3.63, 3.8) is 0 Å². The van der Waals surface area contributed by atoms with E-state index in [1.807, 2.05) is 57.2 Å². The van der Waals surface area contributed by atoms with Crippen molar-refractivity contribution in [1.29, 1.82) is 0 Å². The van der Waals surface area contributed by atoms with E-state index in [0.29, 0.717) is 0 Å². The fraction of sp³-hybridized carbons (Fsp3) is 0.286. The Morgan fingerprint density at radius 2 is 1.90 bits per heavy atom. The Bertz CT molecular complexity index is 940. The highest BCUT2D eigenvalue weighted by molar-refractivity contribution is 7.03. The first-order valence-corrected chi connectivity index (χ1v) is 10.0. The second-order valence-electron chi connectivity index (χ2n) is 7.64. The fourth-order valence-electron chi connectivity index (χ4n) is 2.92. The minimum absolute atomic E-state index is 0.210. The number of nitrogens with zero attached hydrogens (tertiary/aromatic N) is 4. The average Bonchev–Trinajstić information content (AvgIpc) is 3.22. The van der Waals surface area contributed by atoms with Crippen LogP contribution in [0, 0.1) is 0 Å². The average molecular weight is 410 g/mol. The van der Waals surface area contributed by atoms with Gasteiger partial charge in [-0.1, -0.05) is 40.9 Å². The molecule has 2 amide bonds. The summed E-state index contributed by atoms with van der Waals surface area (Å²) in [6, 6.07) is 12.1. The van der Waals surface area contributed by atoms with Gasteiger partial charge in [0.25, 0.3) is 5.91 Å². The lowest BCUT2D eigenvalue weighted by atomic mass is 10.0. The van der Waals surface area contributed by atoms with Gasteiger partial charge in [0.05, 0.1) is 0 Å². The summed E-state index contributed by atoms with van der Waals surface area (Å²) in [7, 11) is 0. The van der Waals surface area contributed by atoms with Crippen LogP contribution in [-0.4, -0.2) is 36.8 Å². The van der Waals surface area contributed by atoms with Gasteiger partial charge in [-0.05, 0) is 49.5 Å². The van der Waals surface area contributed by atoms with E-state index in [4.69, 9.17) is 0 Å². The minimum atomic E-state index is -0.829. The van der Waals surface area contributed by atoms with Gasteiger partial charge in [0.15, 0.2) is 5.69 Å². The van der Waals surface area contributed by atoms with E-state index < -0.39 is 11.6 Å².